The second kappa shape index (κ2) is 7.35. The SMILES string of the molecule is Cc1nn(-c2ccccc2)c(C)c1NC(=O)c1ccccc1OC(F)F. The molecule has 2 aromatic carbocycles. The van der Waals surface area contributed by atoms with Crippen LogP contribution in [0.5, 0.6) is 5.75 Å². The number of alkyl halides is 2. The fourth-order valence-corrected chi connectivity index (χ4v) is 2.68. The number of aryl methyl sites for hydroxylation is 1. The molecule has 134 valence electrons. The van der Waals surface area contributed by atoms with Crippen LogP contribution >= 0.6 is 0 Å². The number of rotatable bonds is 5. The molecule has 0 saturated carbocycles. The summed E-state index contributed by atoms with van der Waals surface area (Å²) in [5.74, 6) is -0.717. The Labute approximate surface area is 149 Å². The van der Waals surface area contributed by atoms with Crippen molar-refractivity contribution in [1.82, 2.24) is 9.78 Å². The third kappa shape index (κ3) is 3.56. The van der Waals surface area contributed by atoms with E-state index in [0.29, 0.717) is 11.4 Å². The molecule has 0 aliphatic carbocycles. The van der Waals surface area contributed by atoms with Crippen molar-refractivity contribution in [1.29, 1.82) is 0 Å². The van der Waals surface area contributed by atoms with Gasteiger partial charge in [-0.15, -0.1) is 0 Å². The van der Waals surface area contributed by atoms with E-state index in [1.807, 2.05) is 37.3 Å². The van der Waals surface area contributed by atoms with Gasteiger partial charge in [-0.2, -0.15) is 13.9 Å². The van der Waals surface area contributed by atoms with Crippen molar-refractivity contribution in [2.45, 2.75) is 20.5 Å². The Kier molecular flexibility index (Phi) is 4.97. The highest BCUT2D eigenvalue weighted by Crippen LogP contribution is 2.26. The number of nitrogens with zero attached hydrogens (tertiary/aromatic N) is 2. The average molecular weight is 357 g/mol. The predicted molar refractivity (Wildman–Crippen MR) is 94.1 cm³/mol. The molecule has 0 spiro atoms. The minimum absolute atomic E-state index is 0.0269. The number of hydrogen-bond acceptors (Lipinski definition) is 3. The molecule has 1 N–H and O–H groups in total. The minimum atomic E-state index is -3.01. The first-order valence-corrected chi connectivity index (χ1v) is 7.94. The van der Waals surface area contributed by atoms with Gasteiger partial charge >= 0.3 is 6.61 Å². The smallest absolute Gasteiger partial charge is 0.387 e. The number of amides is 1. The van der Waals surface area contributed by atoms with Gasteiger partial charge in [0, 0.05) is 0 Å². The van der Waals surface area contributed by atoms with Gasteiger partial charge in [0.05, 0.1) is 28.3 Å². The van der Waals surface area contributed by atoms with E-state index in [0.717, 1.165) is 11.4 Å². The van der Waals surface area contributed by atoms with Crippen LogP contribution in [-0.4, -0.2) is 22.3 Å². The lowest BCUT2D eigenvalue weighted by atomic mass is 10.1. The second-order valence-electron chi connectivity index (χ2n) is 5.62. The molecule has 26 heavy (non-hydrogen) atoms. The first-order valence-electron chi connectivity index (χ1n) is 7.94. The summed E-state index contributed by atoms with van der Waals surface area (Å²) in [6.07, 6.45) is 0. The van der Waals surface area contributed by atoms with Crippen molar-refractivity contribution >= 4 is 11.6 Å². The predicted octanol–water partition coefficient (Wildman–Crippen LogP) is 4.34. The number of carbonyl (C=O) groups is 1. The van der Waals surface area contributed by atoms with Gasteiger partial charge in [0.2, 0.25) is 0 Å². The monoisotopic (exact) mass is 357 g/mol. The van der Waals surface area contributed by atoms with Gasteiger partial charge < -0.3 is 10.1 Å². The molecule has 0 aliphatic rings. The van der Waals surface area contributed by atoms with E-state index < -0.39 is 12.5 Å². The van der Waals surface area contributed by atoms with Crippen molar-refractivity contribution < 1.29 is 18.3 Å². The minimum Gasteiger partial charge on any atom is -0.434 e. The first-order chi connectivity index (χ1) is 12.5. The summed E-state index contributed by atoms with van der Waals surface area (Å²) in [6, 6.07) is 15.3. The molecule has 0 saturated heterocycles. The largest absolute Gasteiger partial charge is 0.434 e. The number of aromatic nitrogens is 2. The van der Waals surface area contributed by atoms with Gasteiger partial charge in [0.1, 0.15) is 5.75 Å². The molecule has 5 nitrogen and oxygen atoms in total. The molecule has 3 rings (SSSR count). The summed E-state index contributed by atoms with van der Waals surface area (Å²) in [4.78, 5) is 12.6. The van der Waals surface area contributed by atoms with Crippen LogP contribution in [0.3, 0.4) is 0 Å². The molecule has 1 heterocycles. The zero-order valence-electron chi connectivity index (χ0n) is 14.2. The van der Waals surface area contributed by atoms with Crippen molar-refractivity contribution in [3.63, 3.8) is 0 Å². The first kappa shape index (κ1) is 17.6. The van der Waals surface area contributed by atoms with E-state index in [4.69, 9.17) is 0 Å². The van der Waals surface area contributed by atoms with Crippen LogP contribution in [0, 0.1) is 13.8 Å². The summed E-state index contributed by atoms with van der Waals surface area (Å²) in [5, 5.41) is 7.20. The van der Waals surface area contributed by atoms with Crippen molar-refractivity contribution in [3.05, 3.63) is 71.5 Å². The molecule has 1 aromatic heterocycles. The maximum atomic E-state index is 12.6. The van der Waals surface area contributed by atoms with Gasteiger partial charge in [-0.3, -0.25) is 4.79 Å². The Bertz CT molecular complexity index is 924. The molecule has 0 bridgehead atoms. The van der Waals surface area contributed by atoms with Crippen molar-refractivity contribution in [2.75, 3.05) is 5.32 Å². The lowest BCUT2D eigenvalue weighted by molar-refractivity contribution is -0.0501. The summed E-state index contributed by atoms with van der Waals surface area (Å²) >= 11 is 0. The number of nitrogens with one attached hydrogen (secondary N) is 1. The molecule has 0 atom stereocenters. The molecule has 0 fully saturated rings. The van der Waals surface area contributed by atoms with E-state index in [-0.39, 0.29) is 11.3 Å². The molecule has 0 radical (unpaired) electrons. The highest BCUT2D eigenvalue weighted by molar-refractivity contribution is 6.06. The normalized spacial score (nSPS) is 10.8. The summed E-state index contributed by atoms with van der Waals surface area (Å²) < 4.78 is 31.2. The second-order valence-corrected chi connectivity index (χ2v) is 5.62. The number of benzene rings is 2. The Morgan fingerprint density at radius 1 is 1.08 bits per heavy atom. The molecule has 0 unspecified atom stereocenters. The van der Waals surface area contributed by atoms with E-state index in [1.165, 1.54) is 18.2 Å². The van der Waals surface area contributed by atoms with Crippen LogP contribution in [0.25, 0.3) is 5.69 Å². The Morgan fingerprint density at radius 2 is 1.73 bits per heavy atom. The average Bonchev–Trinajstić information content (AvgIpc) is 2.90. The Hall–Kier alpha value is -3.22. The molecular formula is C19H17F2N3O2. The fourth-order valence-electron chi connectivity index (χ4n) is 2.68. The number of hydrogen-bond donors (Lipinski definition) is 1. The molecular weight excluding hydrogens is 340 g/mol. The number of halogens is 2. The summed E-state index contributed by atoms with van der Waals surface area (Å²) in [6.45, 7) is 0.585. The lowest BCUT2D eigenvalue weighted by Gasteiger charge is -2.11. The van der Waals surface area contributed by atoms with Gasteiger partial charge in [-0.25, -0.2) is 4.68 Å². The van der Waals surface area contributed by atoms with Gasteiger partial charge in [-0.05, 0) is 38.1 Å². The van der Waals surface area contributed by atoms with Crippen LogP contribution in [0.1, 0.15) is 21.7 Å². The summed E-state index contributed by atoms with van der Waals surface area (Å²) in [5.41, 5.74) is 2.76. The van der Waals surface area contributed by atoms with Crippen LogP contribution < -0.4 is 10.1 Å². The highest BCUT2D eigenvalue weighted by atomic mass is 19.3. The van der Waals surface area contributed by atoms with Gasteiger partial charge in [0.25, 0.3) is 5.91 Å². The van der Waals surface area contributed by atoms with Gasteiger partial charge in [-0.1, -0.05) is 30.3 Å². The zero-order chi connectivity index (χ0) is 18.7. The number of anilines is 1. The van der Waals surface area contributed by atoms with Crippen LogP contribution in [0.2, 0.25) is 0 Å². The van der Waals surface area contributed by atoms with Crippen LogP contribution in [0.15, 0.2) is 54.6 Å². The Balaban J connectivity index is 1.91. The molecule has 0 aliphatic heterocycles. The maximum Gasteiger partial charge on any atom is 0.387 e. The highest BCUT2D eigenvalue weighted by Gasteiger charge is 2.19. The zero-order valence-corrected chi connectivity index (χ0v) is 14.2. The van der Waals surface area contributed by atoms with Crippen LogP contribution in [0.4, 0.5) is 14.5 Å². The summed E-state index contributed by atoms with van der Waals surface area (Å²) in [7, 11) is 0. The van der Waals surface area contributed by atoms with Crippen molar-refractivity contribution in [2.24, 2.45) is 0 Å². The maximum absolute atomic E-state index is 12.6. The number of para-hydroxylation sites is 2. The quantitative estimate of drug-likeness (QED) is 0.739. The van der Waals surface area contributed by atoms with E-state index in [9.17, 15) is 13.6 Å². The third-order valence-corrected chi connectivity index (χ3v) is 3.88. The number of carbonyl (C=O) groups excluding carboxylic acids is 1. The standard InChI is InChI=1S/C19H17F2N3O2/c1-12-17(13(2)24(23-12)14-8-4-3-5-9-14)22-18(25)15-10-6-7-11-16(15)26-19(20)21/h3-11,19H,1-2H3,(H,22,25). The third-order valence-electron chi connectivity index (χ3n) is 3.88. The fraction of sp³-hybridized carbons (Fsp3) is 0.158. The van der Waals surface area contributed by atoms with E-state index >= 15 is 0 Å². The van der Waals surface area contributed by atoms with E-state index in [1.54, 1.807) is 17.7 Å². The molecule has 1 amide bonds. The van der Waals surface area contributed by atoms with E-state index in [2.05, 4.69) is 15.2 Å². The number of ether oxygens (including phenoxy) is 1. The van der Waals surface area contributed by atoms with Crippen LogP contribution in [-0.2, 0) is 0 Å². The topological polar surface area (TPSA) is 56.2 Å². The lowest BCUT2D eigenvalue weighted by Crippen LogP contribution is -2.16. The molecule has 7 heteroatoms. The van der Waals surface area contributed by atoms with Crippen molar-refractivity contribution in [3.8, 4) is 11.4 Å². The molecule has 3 aromatic rings. The van der Waals surface area contributed by atoms with Gasteiger partial charge in [0.15, 0.2) is 0 Å². The Morgan fingerprint density at radius 3 is 2.42 bits per heavy atom.